The molecule has 2 fully saturated rings. The molecule has 3 heterocycles. The topological polar surface area (TPSA) is 56.2 Å². The number of aliphatic imine (C=N–C) groups is 1. The molecule has 0 radical (unpaired) electrons. The van der Waals surface area contributed by atoms with E-state index in [0.29, 0.717) is 6.54 Å². The number of guanidine groups is 1. The monoisotopic (exact) mass is 422 g/mol. The Morgan fingerprint density at radius 2 is 1.87 bits per heavy atom. The van der Waals surface area contributed by atoms with Crippen LogP contribution >= 0.6 is 0 Å². The summed E-state index contributed by atoms with van der Waals surface area (Å²) in [6.07, 6.45) is 2.21. The molecule has 1 N–H and O–H groups in total. The molecule has 4 rings (SSSR count). The predicted octanol–water partition coefficient (Wildman–Crippen LogP) is 2.59. The van der Waals surface area contributed by atoms with Crippen molar-refractivity contribution in [1.82, 2.24) is 15.2 Å². The van der Waals surface area contributed by atoms with E-state index < -0.39 is 0 Å². The summed E-state index contributed by atoms with van der Waals surface area (Å²) >= 11 is 0. The van der Waals surface area contributed by atoms with Crippen LogP contribution in [0.5, 0.6) is 0 Å². The molecule has 2 aromatic rings. The minimum atomic E-state index is 0.255. The summed E-state index contributed by atoms with van der Waals surface area (Å²) in [6, 6.07) is 14.9. The van der Waals surface area contributed by atoms with Crippen molar-refractivity contribution in [2.75, 3.05) is 62.2 Å². The molecule has 1 unspecified atom stereocenters. The first-order chi connectivity index (χ1) is 15.2. The van der Waals surface area contributed by atoms with Gasteiger partial charge < -0.3 is 24.8 Å². The zero-order valence-corrected chi connectivity index (χ0v) is 18.7. The minimum Gasteiger partial charge on any atom is -0.375 e. The van der Waals surface area contributed by atoms with Gasteiger partial charge in [0, 0.05) is 57.7 Å². The Morgan fingerprint density at radius 1 is 1.06 bits per heavy atom. The molecule has 1 atom stereocenters. The molecule has 1 aromatic carbocycles. The van der Waals surface area contributed by atoms with Crippen LogP contribution < -0.4 is 15.1 Å². The zero-order valence-electron chi connectivity index (χ0n) is 18.7. The van der Waals surface area contributed by atoms with Gasteiger partial charge >= 0.3 is 0 Å². The summed E-state index contributed by atoms with van der Waals surface area (Å²) < 4.78 is 5.63. The van der Waals surface area contributed by atoms with Crippen molar-refractivity contribution in [3.63, 3.8) is 0 Å². The van der Waals surface area contributed by atoms with Gasteiger partial charge in [-0.15, -0.1) is 0 Å². The maximum Gasteiger partial charge on any atom is 0.194 e. The van der Waals surface area contributed by atoms with Crippen LogP contribution in [0.1, 0.15) is 19.4 Å². The molecule has 0 amide bonds. The lowest BCUT2D eigenvalue weighted by Crippen LogP contribution is -2.52. The number of morpholine rings is 1. The van der Waals surface area contributed by atoms with E-state index in [0.717, 1.165) is 69.8 Å². The molecule has 0 saturated carbocycles. The zero-order chi connectivity index (χ0) is 21.5. The molecule has 2 aliphatic rings. The van der Waals surface area contributed by atoms with Crippen molar-refractivity contribution in [3.05, 3.63) is 54.2 Å². The number of anilines is 2. The number of piperazine rings is 1. The van der Waals surface area contributed by atoms with Gasteiger partial charge in [-0.05, 0) is 37.6 Å². The van der Waals surface area contributed by atoms with Crippen LogP contribution in [0, 0.1) is 0 Å². The Hall–Kier alpha value is -2.80. The summed E-state index contributed by atoms with van der Waals surface area (Å²) in [5.74, 6) is 2.01. The molecule has 2 aliphatic heterocycles. The molecular formula is C24H34N6O. The second kappa shape index (κ2) is 10.5. The van der Waals surface area contributed by atoms with Gasteiger partial charge in [-0.2, -0.15) is 0 Å². The van der Waals surface area contributed by atoms with E-state index in [1.165, 1.54) is 5.69 Å². The second-order valence-corrected chi connectivity index (χ2v) is 8.13. The van der Waals surface area contributed by atoms with Gasteiger partial charge in [-0.25, -0.2) is 9.98 Å². The predicted molar refractivity (Wildman–Crippen MR) is 127 cm³/mol. The van der Waals surface area contributed by atoms with E-state index in [2.05, 4.69) is 81.3 Å². The number of rotatable bonds is 5. The van der Waals surface area contributed by atoms with Gasteiger partial charge in [0.15, 0.2) is 5.96 Å². The molecule has 7 nitrogen and oxygen atoms in total. The Balaban J connectivity index is 1.34. The number of hydrogen-bond donors (Lipinski definition) is 1. The number of pyridine rings is 1. The summed E-state index contributed by atoms with van der Waals surface area (Å²) in [7, 11) is 0. The van der Waals surface area contributed by atoms with Crippen molar-refractivity contribution < 1.29 is 4.74 Å². The Bertz CT molecular complexity index is 833. The SMILES string of the molecule is CCNC(=NCc1ccc(N2CCOC(C)C2)nc1)N1CCN(c2ccccc2)CC1. The van der Waals surface area contributed by atoms with Gasteiger partial charge in [-0.3, -0.25) is 0 Å². The van der Waals surface area contributed by atoms with E-state index in [-0.39, 0.29) is 6.10 Å². The smallest absolute Gasteiger partial charge is 0.194 e. The number of ether oxygens (including phenoxy) is 1. The van der Waals surface area contributed by atoms with Crippen molar-refractivity contribution in [2.45, 2.75) is 26.5 Å². The molecule has 2 saturated heterocycles. The van der Waals surface area contributed by atoms with Crippen LogP contribution in [0.4, 0.5) is 11.5 Å². The highest BCUT2D eigenvalue weighted by Gasteiger charge is 2.20. The maximum atomic E-state index is 5.63. The third kappa shape index (κ3) is 5.67. The number of benzene rings is 1. The first kappa shape index (κ1) is 21.4. The molecule has 7 heteroatoms. The number of hydrogen-bond acceptors (Lipinski definition) is 5. The fourth-order valence-electron chi connectivity index (χ4n) is 4.13. The van der Waals surface area contributed by atoms with Crippen LogP contribution in [0.3, 0.4) is 0 Å². The molecule has 0 bridgehead atoms. The largest absolute Gasteiger partial charge is 0.375 e. The lowest BCUT2D eigenvalue weighted by molar-refractivity contribution is 0.0529. The van der Waals surface area contributed by atoms with Gasteiger partial charge in [0.05, 0.1) is 19.3 Å². The average Bonchev–Trinajstić information content (AvgIpc) is 2.83. The summed E-state index contributed by atoms with van der Waals surface area (Å²) in [4.78, 5) is 16.7. The Morgan fingerprint density at radius 3 is 2.55 bits per heavy atom. The van der Waals surface area contributed by atoms with Crippen LogP contribution in [-0.4, -0.2) is 74.4 Å². The van der Waals surface area contributed by atoms with E-state index >= 15 is 0 Å². The van der Waals surface area contributed by atoms with Crippen LogP contribution in [-0.2, 0) is 11.3 Å². The van der Waals surface area contributed by atoms with Gasteiger partial charge in [0.2, 0.25) is 0 Å². The highest BCUT2D eigenvalue weighted by atomic mass is 16.5. The number of nitrogens with zero attached hydrogens (tertiary/aromatic N) is 5. The van der Waals surface area contributed by atoms with Gasteiger partial charge in [-0.1, -0.05) is 24.3 Å². The van der Waals surface area contributed by atoms with Gasteiger partial charge in [0.25, 0.3) is 0 Å². The van der Waals surface area contributed by atoms with Crippen molar-refractivity contribution >= 4 is 17.5 Å². The molecule has 1 aromatic heterocycles. The van der Waals surface area contributed by atoms with Crippen LogP contribution in [0.25, 0.3) is 0 Å². The lowest BCUT2D eigenvalue weighted by Gasteiger charge is -2.37. The van der Waals surface area contributed by atoms with Crippen molar-refractivity contribution in [3.8, 4) is 0 Å². The first-order valence-electron chi connectivity index (χ1n) is 11.4. The van der Waals surface area contributed by atoms with E-state index in [1.807, 2.05) is 6.20 Å². The lowest BCUT2D eigenvalue weighted by atomic mass is 10.2. The normalized spacial score (nSPS) is 20.1. The van der Waals surface area contributed by atoms with Crippen LogP contribution in [0.15, 0.2) is 53.7 Å². The minimum absolute atomic E-state index is 0.255. The summed E-state index contributed by atoms with van der Waals surface area (Å²) in [5, 5.41) is 3.46. The maximum absolute atomic E-state index is 5.63. The highest BCUT2D eigenvalue weighted by molar-refractivity contribution is 5.80. The third-order valence-electron chi connectivity index (χ3n) is 5.82. The third-order valence-corrected chi connectivity index (χ3v) is 5.82. The van der Waals surface area contributed by atoms with E-state index in [1.54, 1.807) is 0 Å². The number of para-hydroxylation sites is 1. The molecule has 31 heavy (non-hydrogen) atoms. The summed E-state index contributed by atoms with van der Waals surface area (Å²) in [5.41, 5.74) is 2.42. The second-order valence-electron chi connectivity index (χ2n) is 8.13. The molecule has 166 valence electrons. The number of aromatic nitrogens is 1. The van der Waals surface area contributed by atoms with Crippen molar-refractivity contribution in [1.29, 1.82) is 0 Å². The molecular weight excluding hydrogens is 388 g/mol. The highest BCUT2D eigenvalue weighted by Crippen LogP contribution is 2.17. The number of nitrogens with one attached hydrogen (secondary N) is 1. The fraction of sp³-hybridized carbons (Fsp3) is 0.500. The van der Waals surface area contributed by atoms with Crippen molar-refractivity contribution in [2.24, 2.45) is 4.99 Å². The average molecular weight is 423 g/mol. The standard InChI is InChI=1S/C24H34N6O/c1-3-25-24(29-13-11-28(12-14-29)22-7-5-4-6-8-22)27-18-21-9-10-23(26-17-21)30-15-16-31-20(2)19-30/h4-10,17,20H,3,11-16,18-19H2,1-2H3,(H,25,27). The van der Waals surface area contributed by atoms with Crippen LogP contribution in [0.2, 0.25) is 0 Å². The quantitative estimate of drug-likeness (QED) is 0.591. The Labute approximate surface area is 185 Å². The van der Waals surface area contributed by atoms with E-state index in [4.69, 9.17) is 9.73 Å². The van der Waals surface area contributed by atoms with E-state index in [9.17, 15) is 0 Å². The Kier molecular flexibility index (Phi) is 7.25. The molecule has 0 spiro atoms. The first-order valence-corrected chi connectivity index (χ1v) is 11.4. The van der Waals surface area contributed by atoms with Gasteiger partial charge in [0.1, 0.15) is 5.82 Å². The summed E-state index contributed by atoms with van der Waals surface area (Å²) in [6.45, 7) is 12.2. The fourth-order valence-corrected chi connectivity index (χ4v) is 4.13. The molecule has 0 aliphatic carbocycles.